The highest BCUT2D eigenvalue weighted by Gasteiger charge is 2.43. The minimum absolute atomic E-state index is 0.215. The average Bonchev–Trinajstić information content (AvgIpc) is 3.70. The van der Waals surface area contributed by atoms with Crippen molar-refractivity contribution in [2.45, 2.75) is 52.9 Å². The van der Waals surface area contributed by atoms with Crippen LogP contribution in [-0.2, 0) is 5.41 Å². The van der Waals surface area contributed by atoms with Crippen LogP contribution in [0.3, 0.4) is 0 Å². The van der Waals surface area contributed by atoms with Gasteiger partial charge in [0.15, 0.2) is 0 Å². The third-order valence-electron chi connectivity index (χ3n) is 12.0. The highest BCUT2D eigenvalue weighted by Crippen LogP contribution is 2.56. The van der Waals surface area contributed by atoms with Gasteiger partial charge in [-0.25, -0.2) is 0 Å². The Hall–Kier alpha value is -6.44. The van der Waals surface area contributed by atoms with Crippen molar-refractivity contribution in [2.24, 2.45) is 0 Å². The van der Waals surface area contributed by atoms with Gasteiger partial charge in [0.25, 0.3) is 0 Å². The van der Waals surface area contributed by atoms with Gasteiger partial charge in [-0.05, 0) is 98.1 Å². The van der Waals surface area contributed by atoms with Crippen LogP contribution in [0.2, 0.25) is 0 Å². The highest BCUT2D eigenvalue weighted by atomic mass is 16.3. The lowest BCUT2D eigenvalue weighted by Crippen LogP contribution is -2.16. The molecule has 0 N–H and O–H groups in total. The fourth-order valence-corrected chi connectivity index (χ4v) is 9.42. The summed E-state index contributed by atoms with van der Waals surface area (Å²) >= 11 is 0. The maximum atomic E-state index is 6.74. The van der Waals surface area contributed by atoms with E-state index in [0.29, 0.717) is 0 Å². The average molecular weight is 739 g/mol. The van der Waals surface area contributed by atoms with Gasteiger partial charge in [-0.15, -0.1) is 0 Å². The number of benzene rings is 6. The van der Waals surface area contributed by atoms with Crippen LogP contribution in [0.1, 0.15) is 69.7 Å². The number of para-hydroxylation sites is 1. The van der Waals surface area contributed by atoms with E-state index in [2.05, 4.69) is 206 Å². The molecule has 0 saturated heterocycles. The van der Waals surface area contributed by atoms with Crippen molar-refractivity contribution in [3.05, 3.63) is 216 Å². The molecule has 0 radical (unpaired) electrons. The van der Waals surface area contributed by atoms with Gasteiger partial charge in [0.05, 0.1) is 0 Å². The summed E-state index contributed by atoms with van der Waals surface area (Å²) in [4.78, 5) is 0. The van der Waals surface area contributed by atoms with Crippen molar-refractivity contribution in [3.8, 4) is 0 Å². The quantitative estimate of drug-likeness (QED) is 0.106. The molecule has 1 atom stereocenters. The van der Waals surface area contributed by atoms with Gasteiger partial charge in [0.2, 0.25) is 0 Å². The summed E-state index contributed by atoms with van der Waals surface area (Å²) in [7, 11) is 0. The van der Waals surface area contributed by atoms with Gasteiger partial charge >= 0.3 is 0 Å². The molecule has 1 aliphatic rings. The first-order chi connectivity index (χ1) is 27.7. The third-order valence-corrected chi connectivity index (χ3v) is 12.0. The summed E-state index contributed by atoms with van der Waals surface area (Å²) in [6.07, 6.45) is 23.5. The zero-order chi connectivity index (χ0) is 39.8. The second-order valence-electron chi connectivity index (χ2n) is 15.7. The molecule has 1 nitrogen and oxygen atoms in total. The van der Waals surface area contributed by atoms with Crippen molar-refractivity contribution < 1.29 is 4.42 Å². The molecular formula is C56H50O. The summed E-state index contributed by atoms with van der Waals surface area (Å²) in [6, 6.07) is 34.8. The minimum Gasteiger partial charge on any atom is -0.456 e. The smallest absolute Gasteiger partial charge is 0.140 e. The number of fused-ring (bicyclic) bond motifs is 10. The van der Waals surface area contributed by atoms with Gasteiger partial charge in [-0.1, -0.05) is 197 Å². The molecule has 0 bridgehead atoms. The first-order valence-corrected chi connectivity index (χ1v) is 20.0. The second kappa shape index (κ2) is 15.2. The Morgan fingerprint density at radius 3 is 1.82 bits per heavy atom. The van der Waals surface area contributed by atoms with E-state index >= 15 is 0 Å². The summed E-state index contributed by atoms with van der Waals surface area (Å²) in [5, 5.41) is 9.86. The van der Waals surface area contributed by atoms with E-state index in [1.165, 1.54) is 76.5 Å². The monoisotopic (exact) mass is 738 g/mol. The van der Waals surface area contributed by atoms with E-state index in [1.54, 1.807) is 0 Å². The summed E-state index contributed by atoms with van der Waals surface area (Å²) in [5.74, 6) is 0.215. The molecule has 0 saturated carbocycles. The molecule has 1 heterocycles. The molecule has 1 unspecified atom stereocenters. The van der Waals surface area contributed by atoms with E-state index in [1.807, 2.05) is 12.2 Å². The maximum absolute atomic E-state index is 6.74. The normalized spacial score (nSPS) is 17.4. The van der Waals surface area contributed by atoms with Gasteiger partial charge in [0.1, 0.15) is 11.2 Å². The van der Waals surface area contributed by atoms with Crippen LogP contribution in [0.25, 0.3) is 65.4 Å². The van der Waals surface area contributed by atoms with Crippen molar-refractivity contribution in [2.75, 3.05) is 0 Å². The molecular weight excluding hydrogens is 689 g/mol. The van der Waals surface area contributed by atoms with Crippen LogP contribution in [0.15, 0.2) is 198 Å². The Morgan fingerprint density at radius 2 is 1.21 bits per heavy atom. The summed E-state index contributed by atoms with van der Waals surface area (Å²) in [5.41, 5.74) is 12.8. The first-order valence-electron chi connectivity index (χ1n) is 20.0. The van der Waals surface area contributed by atoms with E-state index < -0.39 is 0 Å². The number of hydrogen-bond donors (Lipinski definition) is 0. The van der Waals surface area contributed by atoms with Gasteiger partial charge in [0, 0.05) is 27.7 Å². The van der Waals surface area contributed by atoms with E-state index in [9.17, 15) is 0 Å². The van der Waals surface area contributed by atoms with Crippen LogP contribution in [0, 0.1) is 0 Å². The van der Waals surface area contributed by atoms with Crippen LogP contribution in [0.5, 0.6) is 0 Å². The lowest BCUT2D eigenvalue weighted by atomic mass is 9.80. The fraction of sp³-hybridized carbons (Fsp3) is 0.143. The predicted molar refractivity (Wildman–Crippen MR) is 250 cm³/mol. The van der Waals surface area contributed by atoms with Crippen LogP contribution >= 0.6 is 0 Å². The van der Waals surface area contributed by atoms with Crippen molar-refractivity contribution >= 4 is 65.4 Å². The minimum atomic E-state index is -0.242. The van der Waals surface area contributed by atoms with Crippen molar-refractivity contribution in [3.63, 3.8) is 0 Å². The molecule has 1 heteroatoms. The maximum Gasteiger partial charge on any atom is 0.140 e. The number of furan rings is 1. The molecule has 8 rings (SSSR count). The molecule has 0 aliphatic heterocycles. The lowest BCUT2D eigenvalue weighted by molar-refractivity contribution is 0.604. The highest BCUT2D eigenvalue weighted by molar-refractivity contribution is 6.21. The molecule has 0 fully saturated rings. The molecule has 280 valence electrons. The lowest BCUT2D eigenvalue weighted by Gasteiger charge is -2.23. The van der Waals surface area contributed by atoms with E-state index in [-0.39, 0.29) is 11.3 Å². The summed E-state index contributed by atoms with van der Waals surface area (Å²) in [6.45, 7) is 21.8. The number of hydrogen-bond acceptors (Lipinski definition) is 1. The Balaban J connectivity index is 1.23. The first kappa shape index (κ1) is 37.5. The van der Waals surface area contributed by atoms with Crippen LogP contribution < -0.4 is 0 Å². The van der Waals surface area contributed by atoms with Gasteiger partial charge in [-0.2, -0.15) is 0 Å². The SMILES string of the molecule is C=C/C=C(/C=C\C(=C\C=C)c1c2ccccc2c(/C(C)=C/C=C\C)c2ccccc12)C(\C)=C\C=C1/C(C)c2c(c3oc4ccccc4c3c3ccccc23)C1(C)C. The number of rotatable bonds is 9. The number of allylic oxidation sites excluding steroid dienone is 16. The standard InChI is InChI=1S/C56H50O/c1-9-12-23-37(5)50-41-24-13-16-27-44(41)52(45-28-17-14-25-42(45)50)40(22-11-3)34-33-39(21-10-2)36(4)32-35-48-38(6)51-43-26-15-18-29-46(43)53-47-30-19-20-31-49(47)57-55(53)54(51)56(48,7)8/h9-35,38H,2-3H2,1,4-8H3/b12-9-,34-33-,36-32+,37-23+,39-21-,40-22-,48-35+. The van der Waals surface area contributed by atoms with Crippen LogP contribution in [0.4, 0.5) is 0 Å². The molecule has 1 aromatic heterocycles. The zero-order valence-corrected chi connectivity index (χ0v) is 34.0. The van der Waals surface area contributed by atoms with Crippen molar-refractivity contribution in [1.29, 1.82) is 0 Å². The van der Waals surface area contributed by atoms with Gasteiger partial charge < -0.3 is 4.42 Å². The Labute approximate surface area is 337 Å². The molecule has 7 aromatic rings. The van der Waals surface area contributed by atoms with Gasteiger partial charge in [-0.3, -0.25) is 0 Å². The van der Waals surface area contributed by atoms with E-state index in [0.717, 1.165) is 27.9 Å². The molecule has 6 aromatic carbocycles. The summed E-state index contributed by atoms with van der Waals surface area (Å²) < 4.78 is 6.74. The molecule has 0 amide bonds. The topological polar surface area (TPSA) is 13.1 Å². The molecule has 0 spiro atoms. The Kier molecular flexibility index (Phi) is 10.0. The van der Waals surface area contributed by atoms with Crippen molar-refractivity contribution in [1.82, 2.24) is 0 Å². The molecule has 57 heavy (non-hydrogen) atoms. The Bertz CT molecular complexity index is 2940. The molecule has 1 aliphatic carbocycles. The Morgan fingerprint density at radius 1 is 0.649 bits per heavy atom. The van der Waals surface area contributed by atoms with Crippen LogP contribution in [-0.4, -0.2) is 0 Å². The van der Waals surface area contributed by atoms with E-state index in [4.69, 9.17) is 4.42 Å². The largest absolute Gasteiger partial charge is 0.456 e. The fourth-order valence-electron chi connectivity index (χ4n) is 9.42. The predicted octanol–water partition coefficient (Wildman–Crippen LogP) is 16.2. The zero-order valence-electron chi connectivity index (χ0n) is 34.0. The third kappa shape index (κ3) is 6.28. The second-order valence-corrected chi connectivity index (χ2v) is 15.7.